The first-order chi connectivity index (χ1) is 9.52. The molecule has 3 heteroatoms. The van der Waals surface area contributed by atoms with Crippen LogP contribution in [0, 0.1) is 5.41 Å². The molecule has 0 saturated carbocycles. The molecule has 1 N–H and O–H groups in total. The lowest BCUT2D eigenvalue weighted by atomic mass is 9.68. The highest BCUT2D eigenvalue weighted by Gasteiger charge is 2.47. The van der Waals surface area contributed by atoms with Gasteiger partial charge in [-0.05, 0) is 48.0 Å². The average molecular weight is 292 g/mol. The lowest BCUT2D eigenvalue weighted by molar-refractivity contribution is -0.0650. The molecular formula is C17H24O2S. The van der Waals surface area contributed by atoms with Gasteiger partial charge in [0.2, 0.25) is 0 Å². The van der Waals surface area contributed by atoms with E-state index in [0.717, 1.165) is 37.4 Å². The summed E-state index contributed by atoms with van der Waals surface area (Å²) in [6.07, 6.45) is 2.96. The fraction of sp³-hybridized carbons (Fsp3) is 0.647. The molecule has 0 amide bonds. The van der Waals surface area contributed by atoms with Gasteiger partial charge in [0, 0.05) is 5.75 Å². The number of hydrogen-bond acceptors (Lipinski definition) is 3. The van der Waals surface area contributed by atoms with E-state index in [0.29, 0.717) is 5.92 Å². The molecule has 0 aliphatic carbocycles. The van der Waals surface area contributed by atoms with Crippen molar-refractivity contribution in [2.24, 2.45) is 5.41 Å². The van der Waals surface area contributed by atoms with Crippen LogP contribution in [0.3, 0.4) is 0 Å². The van der Waals surface area contributed by atoms with Crippen LogP contribution < -0.4 is 4.74 Å². The van der Waals surface area contributed by atoms with Crippen molar-refractivity contribution < 1.29 is 9.84 Å². The Kier molecular flexibility index (Phi) is 3.76. The van der Waals surface area contributed by atoms with Gasteiger partial charge in [0.25, 0.3) is 0 Å². The van der Waals surface area contributed by atoms with Crippen LogP contribution in [0.15, 0.2) is 24.3 Å². The Labute approximate surface area is 125 Å². The van der Waals surface area contributed by atoms with Crippen LogP contribution in [0.5, 0.6) is 5.75 Å². The molecule has 110 valence electrons. The van der Waals surface area contributed by atoms with E-state index in [1.807, 2.05) is 23.9 Å². The van der Waals surface area contributed by atoms with E-state index in [2.05, 4.69) is 26.0 Å². The zero-order chi connectivity index (χ0) is 14.2. The van der Waals surface area contributed by atoms with Crippen LogP contribution in [-0.4, -0.2) is 28.8 Å². The summed E-state index contributed by atoms with van der Waals surface area (Å²) < 4.78 is 5.74. The number of fused-ring (bicyclic) bond motifs is 1. The summed E-state index contributed by atoms with van der Waals surface area (Å²) in [7, 11) is 0. The van der Waals surface area contributed by atoms with Gasteiger partial charge in [0.15, 0.2) is 0 Å². The molecule has 1 aromatic carbocycles. The number of aliphatic hydroxyl groups is 1. The summed E-state index contributed by atoms with van der Waals surface area (Å²) in [5, 5.41) is 11.2. The summed E-state index contributed by atoms with van der Waals surface area (Å²) in [4.78, 5) is 0. The molecule has 2 atom stereocenters. The zero-order valence-corrected chi connectivity index (χ0v) is 13.2. The summed E-state index contributed by atoms with van der Waals surface area (Å²) in [6, 6.07) is 8.31. The van der Waals surface area contributed by atoms with Gasteiger partial charge in [-0.15, -0.1) is 0 Å². The Morgan fingerprint density at radius 3 is 2.95 bits per heavy atom. The van der Waals surface area contributed by atoms with E-state index in [-0.39, 0.29) is 5.41 Å². The second-order valence-corrected chi connectivity index (χ2v) is 7.90. The molecule has 3 rings (SSSR count). The minimum atomic E-state index is -0.564. The number of thioether (sulfide) groups is 1. The highest BCUT2D eigenvalue weighted by Crippen LogP contribution is 2.49. The van der Waals surface area contributed by atoms with Crippen LogP contribution in [0.2, 0.25) is 0 Å². The normalized spacial score (nSPS) is 32.2. The van der Waals surface area contributed by atoms with Crippen LogP contribution in [0.1, 0.15) is 44.6 Å². The molecule has 0 radical (unpaired) electrons. The second-order valence-electron chi connectivity index (χ2n) is 6.79. The Hall–Kier alpha value is -0.670. The Morgan fingerprint density at radius 2 is 2.15 bits per heavy atom. The Morgan fingerprint density at radius 1 is 1.35 bits per heavy atom. The molecule has 2 aliphatic rings. The fourth-order valence-electron chi connectivity index (χ4n) is 3.37. The molecule has 1 fully saturated rings. The summed E-state index contributed by atoms with van der Waals surface area (Å²) in [5.41, 5.74) is 0.717. The fourth-order valence-corrected chi connectivity index (χ4v) is 5.01. The predicted molar refractivity (Wildman–Crippen MR) is 84.6 cm³/mol. The van der Waals surface area contributed by atoms with Crippen LogP contribution in [0.4, 0.5) is 0 Å². The van der Waals surface area contributed by atoms with Crippen LogP contribution >= 0.6 is 11.8 Å². The first-order valence-corrected chi connectivity index (χ1v) is 8.69. The van der Waals surface area contributed by atoms with Gasteiger partial charge in [-0.2, -0.15) is 11.8 Å². The molecule has 20 heavy (non-hydrogen) atoms. The van der Waals surface area contributed by atoms with Gasteiger partial charge in [-0.3, -0.25) is 0 Å². The molecule has 2 unspecified atom stereocenters. The van der Waals surface area contributed by atoms with Crippen molar-refractivity contribution >= 4 is 11.8 Å². The smallest absolute Gasteiger partial charge is 0.122 e. The number of rotatable bonds is 2. The largest absolute Gasteiger partial charge is 0.493 e. The third kappa shape index (κ3) is 2.46. The third-order valence-electron chi connectivity index (χ3n) is 5.14. The van der Waals surface area contributed by atoms with E-state index < -0.39 is 5.60 Å². The standard InChI is InChI=1S/C17H24O2S/c1-16(2)8-10-20-12-17(16,18)11-13-7-9-19-15-6-4-3-5-14(13)15/h3-6,13,18H,7-12H2,1-2H3. The van der Waals surface area contributed by atoms with Crippen molar-refractivity contribution in [3.63, 3.8) is 0 Å². The van der Waals surface area contributed by atoms with Gasteiger partial charge < -0.3 is 9.84 Å². The Bertz CT molecular complexity index is 486. The van der Waals surface area contributed by atoms with Crippen molar-refractivity contribution in [1.29, 1.82) is 0 Å². The molecule has 1 saturated heterocycles. The number of ether oxygens (including phenoxy) is 1. The number of hydrogen-bond donors (Lipinski definition) is 1. The predicted octanol–water partition coefficient (Wildman–Crippen LogP) is 3.84. The van der Waals surface area contributed by atoms with E-state index in [1.54, 1.807) is 0 Å². The molecule has 2 nitrogen and oxygen atoms in total. The zero-order valence-electron chi connectivity index (χ0n) is 12.4. The molecule has 0 aromatic heterocycles. The molecule has 0 spiro atoms. The topological polar surface area (TPSA) is 29.5 Å². The highest BCUT2D eigenvalue weighted by molar-refractivity contribution is 7.99. The Balaban J connectivity index is 1.85. The third-order valence-corrected chi connectivity index (χ3v) is 6.31. The molecular weight excluding hydrogens is 268 g/mol. The minimum absolute atomic E-state index is 0.00545. The molecule has 1 aromatic rings. The monoisotopic (exact) mass is 292 g/mol. The summed E-state index contributed by atoms with van der Waals surface area (Å²) in [5.74, 6) is 3.45. The maximum Gasteiger partial charge on any atom is 0.122 e. The SMILES string of the molecule is CC1(C)CCSCC1(O)CC1CCOc2ccccc21. The first-order valence-electron chi connectivity index (χ1n) is 7.54. The first kappa shape index (κ1) is 14.3. The molecule has 2 aliphatic heterocycles. The maximum absolute atomic E-state index is 11.2. The highest BCUT2D eigenvalue weighted by atomic mass is 32.2. The van der Waals surface area contributed by atoms with Gasteiger partial charge >= 0.3 is 0 Å². The summed E-state index contributed by atoms with van der Waals surface area (Å²) >= 11 is 1.89. The van der Waals surface area contributed by atoms with E-state index >= 15 is 0 Å². The van der Waals surface area contributed by atoms with E-state index in [1.165, 1.54) is 11.3 Å². The maximum atomic E-state index is 11.2. The lowest BCUT2D eigenvalue weighted by Gasteiger charge is -2.48. The number of para-hydroxylation sites is 1. The van der Waals surface area contributed by atoms with Gasteiger partial charge in [-0.25, -0.2) is 0 Å². The minimum Gasteiger partial charge on any atom is -0.493 e. The second kappa shape index (κ2) is 5.27. The van der Waals surface area contributed by atoms with Crippen molar-refractivity contribution in [3.05, 3.63) is 29.8 Å². The van der Waals surface area contributed by atoms with Crippen LogP contribution in [0.25, 0.3) is 0 Å². The summed E-state index contributed by atoms with van der Waals surface area (Å²) in [6.45, 7) is 5.21. The van der Waals surface area contributed by atoms with E-state index in [4.69, 9.17) is 4.74 Å². The van der Waals surface area contributed by atoms with Crippen LogP contribution in [-0.2, 0) is 0 Å². The van der Waals surface area contributed by atoms with Crippen molar-refractivity contribution in [1.82, 2.24) is 0 Å². The lowest BCUT2D eigenvalue weighted by Crippen LogP contribution is -2.51. The average Bonchev–Trinajstić information content (AvgIpc) is 2.43. The molecule has 2 heterocycles. The van der Waals surface area contributed by atoms with Gasteiger partial charge in [-0.1, -0.05) is 32.0 Å². The van der Waals surface area contributed by atoms with Crippen molar-refractivity contribution in [2.45, 2.75) is 44.6 Å². The number of benzene rings is 1. The van der Waals surface area contributed by atoms with E-state index in [9.17, 15) is 5.11 Å². The van der Waals surface area contributed by atoms with Gasteiger partial charge in [0.05, 0.1) is 12.2 Å². The molecule has 0 bridgehead atoms. The van der Waals surface area contributed by atoms with Crippen molar-refractivity contribution in [2.75, 3.05) is 18.1 Å². The van der Waals surface area contributed by atoms with Crippen molar-refractivity contribution in [3.8, 4) is 5.75 Å². The van der Waals surface area contributed by atoms with Gasteiger partial charge in [0.1, 0.15) is 5.75 Å². The quantitative estimate of drug-likeness (QED) is 0.898.